The number of sulfonamides is 1. The molecule has 0 heterocycles. The molecule has 100 valence electrons. The van der Waals surface area contributed by atoms with Gasteiger partial charge in [0.2, 0.25) is 10.0 Å². The van der Waals surface area contributed by atoms with Gasteiger partial charge in [0, 0.05) is 13.0 Å². The maximum atomic E-state index is 11.4. The van der Waals surface area contributed by atoms with Gasteiger partial charge in [0.1, 0.15) is 0 Å². The van der Waals surface area contributed by atoms with Crippen molar-refractivity contribution in [3.63, 3.8) is 0 Å². The summed E-state index contributed by atoms with van der Waals surface area (Å²) < 4.78 is 25.3. The second-order valence-corrected chi connectivity index (χ2v) is 6.17. The highest BCUT2D eigenvalue weighted by molar-refractivity contribution is 7.89. The Morgan fingerprint density at radius 2 is 1.65 bits per heavy atom. The van der Waals surface area contributed by atoms with Crippen LogP contribution in [-0.4, -0.2) is 20.7 Å². The van der Waals surface area contributed by atoms with Crippen LogP contribution in [-0.2, 0) is 10.0 Å². The van der Waals surface area contributed by atoms with Gasteiger partial charge in [-0.2, -0.15) is 5.26 Å². The normalized spacial score (nSPS) is 11.3. The first-order valence-electron chi connectivity index (χ1n) is 6.46. The fraction of sp³-hybridized carbons (Fsp3) is 0.917. The lowest BCUT2D eigenvalue weighted by atomic mass is 10.1. The third-order valence-electron chi connectivity index (χ3n) is 2.58. The molecule has 0 radical (unpaired) electrons. The van der Waals surface area contributed by atoms with E-state index in [-0.39, 0.29) is 18.7 Å². The maximum absolute atomic E-state index is 11.4. The third kappa shape index (κ3) is 11.7. The molecule has 0 saturated heterocycles. The molecule has 0 fully saturated rings. The Hall–Kier alpha value is -0.600. The molecule has 0 saturated carbocycles. The van der Waals surface area contributed by atoms with Gasteiger partial charge in [-0.1, -0.05) is 45.4 Å². The topological polar surface area (TPSA) is 70.0 Å². The second-order valence-electron chi connectivity index (χ2n) is 4.24. The highest BCUT2D eigenvalue weighted by Crippen LogP contribution is 2.07. The average Bonchev–Trinajstić information content (AvgIpc) is 2.28. The quantitative estimate of drug-likeness (QED) is 0.580. The SMILES string of the molecule is CCCCCCCCCS(=O)(=O)NCCC#N. The van der Waals surface area contributed by atoms with Gasteiger partial charge < -0.3 is 0 Å². The lowest BCUT2D eigenvalue weighted by Crippen LogP contribution is -2.27. The van der Waals surface area contributed by atoms with E-state index in [9.17, 15) is 8.42 Å². The van der Waals surface area contributed by atoms with Gasteiger partial charge in [-0.15, -0.1) is 0 Å². The van der Waals surface area contributed by atoms with Crippen LogP contribution in [0.4, 0.5) is 0 Å². The zero-order valence-electron chi connectivity index (χ0n) is 10.7. The van der Waals surface area contributed by atoms with Gasteiger partial charge in [0.15, 0.2) is 0 Å². The molecule has 1 N–H and O–H groups in total. The molecule has 0 aliphatic rings. The van der Waals surface area contributed by atoms with Crippen LogP contribution in [0.3, 0.4) is 0 Å². The van der Waals surface area contributed by atoms with Crippen LogP contribution in [0.5, 0.6) is 0 Å². The van der Waals surface area contributed by atoms with Crippen molar-refractivity contribution < 1.29 is 8.42 Å². The highest BCUT2D eigenvalue weighted by Gasteiger charge is 2.08. The molecule has 0 bridgehead atoms. The summed E-state index contributed by atoms with van der Waals surface area (Å²) in [6.07, 6.45) is 8.01. The Morgan fingerprint density at radius 3 is 2.24 bits per heavy atom. The van der Waals surface area contributed by atoms with Gasteiger partial charge in [-0.25, -0.2) is 13.1 Å². The Kier molecular flexibility index (Phi) is 10.2. The molecule has 0 aliphatic carbocycles. The van der Waals surface area contributed by atoms with Crippen molar-refractivity contribution in [2.45, 2.75) is 58.3 Å². The number of nitriles is 1. The van der Waals surface area contributed by atoms with Crippen molar-refractivity contribution >= 4 is 10.0 Å². The summed E-state index contributed by atoms with van der Waals surface area (Å²) in [6.45, 7) is 2.41. The van der Waals surface area contributed by atoms with Crippen LogP contribution in [0.2, 0.25) is 0 Å². The molecule has 0 atom stereocenters. The Balaban J connectivity index is 3.43. The number of hydrogen-bond donors (Lipinski definition) is 1. The summed E-state index contributed by atoms with van der Waals surface area (Å²) in [6, 6.07) is 1.91. The van der Waals surface area contributed by atoms with E-state index in [4.69, 9.17) is 5.26 Å². The van der Waals surface area contributed by atoms with Crippen LogP contribution < -0.4 is 4.72 Å². The summed E-state index contributed by atoms with van der Waals surface area (Å²) in [5.74, 6) is 0.187. The Labute approximate surface area is 105 Å². The molecule has 0 unspecified atom stereocenters. The summed E-state index contributed by atoms with van der Waals surface area (Å²) in [5, 5.41) is 8.30. The van der Waals surface area contributed by atoms with Crippen molar-refractivity contribution in [3.05, 3.63) is 0 Å². The van der Waals surface area contributed by atoms with Gasteiger partial charge in [-0.05, 0) is 6.42 Å². The second kappa shape index (κ2) is 10.5. The van der Waals surface area contributed by atoms with Gasteiger partial charge >= 0.3 is 0 Å². The average molecular weight is 260 g/mol. The van der Waals surface area contributed by atoms with E-state index in [1.807, 2.05) is 6.07 Å². The number of unbranched alkanes of at least 4 members (excludes halogenated alkanes) is 6. The van der Waals surface area contributed by atoms with Crippen LogP contribution in [0, 0.1) is 11.3 Å². The van der Waals surface area contributed by atoms with E-state index < -0.39 is 10.0 Å². The number of rotatable bonds is 11. The van der Waals surface area contributed by atoms with E-state index >= 15 is 0 Å². The van der Waals surface area contributed by atoms with E-state index in [1.54, 1.807) is 0 Å². The highest BCUT2D eigenvalue weighted by atomic mass is 32.2. The Morgan fingerprint density at radius 1 is 1.06 bits per heavy atom. The van der Waals surface area contributed by atoms with E-state index in [0.717, 1.165) is 12.8 Å². The van der Waals surface area contributed by atoms with Crippen molar-refractivity contribution in [2.75, 3.05) is 12.3 Å². The zero-order valence-corrected chi connectivity index (χ0v) is 11.6. The number of nitrogens with one attached hydrogen (secondary N) is 1. The molecule has 4 nitrogen and oxygen atoms in total. The van der Waals surface area contributed by atoms with Crippen molar-refractivity contribution in [1.82, 2.24) is 4.72 Å². The van der Waals surface area contributed by atoms with Crippen molar-refractivity contribution in [3.8, 4) is 6.07 Å². The Bertz CT molecular complexity index is 307. The van der Waals surface area contributed by atoms with Crippen LogP contribution >= 0.6 is 0 Å². The van der Waals surface area contributed by atoms with E-state index in [2.05, 4.69) is 11.6 Å². The first-order chi connectivity index (χ1) is 8.12. The van der Waals surface area contributed by atoms with Gasteiger partial charge in [-0.3, -0.25) is 0 Å². The van der Waals surface area contributed by atoms with E-state index in [0.29, 0.717) is 6.42 Å². The van der Waals surface area contributed by atoms with Crippen LogP contribution in [0.15, 0.2) is 0 Å². The fourth-order valence-corrected chi connectivity index (χ4v) is 2.73. The third-order valence-corrected chi connectivity index (χ3v) is 4.05. The minimum absolute atomic E-state index is 0.187. The molecular weight excluding hydrogens is 236 g/mol. The van der Waals surface area contributed by atoms with Gasteiger partial charge in [0.25, 0.3) is 0 Å². The van der Waals surface area contributed by atoms with Crippen molar-refractivity contribution in [1.29, 1.82) is 5.26 Å². The van der Waals surface area contributed by atoms with E-state index in [1.165, 1.54) is 25.7 Å². The molecule has 0 aliphatic heterocycles. The molecule has 0 amide bonds. The molecule has 0 aromatic rings. The molecule has 0 aromatic heterocycles. The largest absolute Gasteiger partial charge is 0.214 e. The summed E-state index contributed by atoms with van der Waals surface area (Å²) >= 11 is 0. The standard InChI is InChI=1S/C12H24N2O2S/c1-2-3-4-5-6-7-8-12-17(15,16)14-11-9-10-13/h14H,2-9,11-12H2,1H3. The number of hydrogen-bond acceptors (Lipinski definition) is 3. The summed E-state index contributed by atoms with van der Waals surface area (Å²) in [7, 11) is -3.15. The first-order valence-corrected chi connectivity index (χ1v) is 8.12. The molecule has 0 spiro atoms. The molecule has 5 heteroatoms. The summed E-state index contributed by atoms with van der Waals surface area (Å²) in [4.78, 5) is 0. The fourth-order valence-electron chi connectivity index (χ4n) is 1.58. The van der Waals surface area contributed by atoms with Gasteiger partial charge in [0.05, 0.1) is 11.8 Å². The molecule has 17 heavy (non-hydrogen) atoms. The first kappa shape index (κ1) is 16.4. The lowest BCUT2D eigenvalue weighted by molar-refractivity contribution is 0.569. The minimum atomic E-state index is -3.15. The molecule has 0 aromatic carbocycles. The minimum Gasteiger partial charge on any atom is -0.214 e. The van der Waals surface area contributed by atoms with Crippen molar-refractivity contribution in [2.24, 2.45) is 0 Å². The lowest BCUT2D eigenvalue weighted by Gasteiger charge is -2.04. The number of nitrogens with zero attached hydrogens (tertiary/aromatic N) is 1. The van der Waals surface area contributed by atoms with Crippen LogP contribution in [0.25, 0.3) is 0 Å². The zero-order chi connectivity index (χ0) is 13.0. The smallest absolute Gasteiger partial charge is 0.211 e. The predicted molar refractivity (Wildman–Crippen MR) is 70.0 cm³/mol. The molecule has 0 rings (SSSR count). The predicted octanol–water partition coefficient (Wildman–Crippen LogP) is 2.57. The van der Waals surface area contributed by atoms with Crippen LogP contribution in [0.1, 0.15) is 58.3 Å². The summed E-state index contributed by atoms with van der Waals surface area (Å²) in [5.41, 5.74) is 0. The monoisotopic (exact) mass is 260 g/mol. The molecular formula is C12H24N2O2S. The maximum Gasteiger partial charge on any atom is 0.211 e.